The second-order valence-corrected chi connectivity index (χ2v) is 4.96. The van der Waals surface area contributed by atoms with E-state index in [0.717, 1.165) is 0 Å². The Balaban J connectivity index is 3.48. The lowest BCUT2D eigenvalue weighted by Gasteiger charge is -2.26. The summed E-state index contributed by atoms with van der Waals surface area (Å²) in [5.41, 5.74) is -0.656. The second kappa shape index (κ2) is 7.04. The summed E-state index contributed by atoms with van der Waals surface area (Å²) < 4.78 is 67.5. The van der Waals surface area contributed by atoms with Gasteiger partial charge in [-0.15, -0.1) is 0 Å². The topological polar surface area (TPSA) is 0 Å². The Morgan fingerprint density at radius 1 is 0.700 bits per heavy atom. The van der Waals surface area contributed by atoms with Gasteiger partial charge < -0.3 is 0 Å². The van der Waals surface area contributed by atoms with Crippen LogP contribution in [0.4, 0.5) is 22.0 Å². The monoisotopic (exact) mass is 294 g/mol. The Labute approximate surface area is 116 Å². The van der Waals surface area contributed by atoms with Crippen LogP contribution in [0.15, 0.2) is 0 Å². The van der Waals surface area contributed by atoms with Crippen molar-refractivity contribution in [2.45, 2.75) is 52.4 Å². The quantitative estimate of drug-likeness (QED) is 0.358. The van der Waals surface area contributed by atoms with Crippen molar-refractivity contribution in [3.05, 3.63) is 34.6 Å². The van der Waals surface area contributed by atoms with Crippen molar-refractivity contribution < 1.29 is 22.0 Å². The predicted molar refractivity (Wildman–Crippen MR) is 68.0 cm³/mol. The SMILES string of the molecule is CCCC(c1c(F)c(F)c(F)c(F)c1F)C(CC)CC. The molecule has 0 aromatic heterocycles. The summed E-state index contributed by atoms with van der Waals surface area (Å²) in [4.78, 5) is 0. The van der Waals surface area contributed by atoms with Crippen LogP contribution in [0.1, 0.15) is 57.9 Å². The van der Waals surface area contributed by atoms with Crippen LogP contribution in [-0.2, 0) is 0 Å². The molecular formula is C15H19F5. The minimum atomic E-state index is -2.09. The van der Waals surface area contributed by atoms with Gasteiger partial charge in [-0.05, 0) is 18.3 Å². The molecule has 20 heavy (non-hydrogen) atoms. The van der Waals surface area contributed by atoms with E-state index in [9.17, 15) is 22.0 Å². The highest BCUT2D eigenvalue weighted by Gasteiger charge is 2.32. The number of hydrogen-bond donors (Lipinski definition) is 0. The van der Waals surface area contributed by atoms with Crippen LogP contribution in [0.2, 0.25) is 0 Å². The number of halogens is 5. The molecule has 0 radical (unpaired) electrons. The first-order chi connectivity index (χ1) is 9.40. The highest BCUT2D eigenvalue weighted by Crippen LogP contribution is 2.38. The Bertz CT molecular complexity index is 437. The molecule has 114 valence electrons. The van der Waals surface area contributed by atoms with Crippen molar-refractivity contribution in [2.24, 2.45) is 5.92 Å². The minimum Gasteiger partial charge on any atom is -0.203 e. The van der Waals surface area contributed by atoms with Crippen LogP contribution >= 0.6 is 0 Å². The van der Waals surface area contributed by atoms with Crippen molar-refractivity contribution >= 4 is 0 Å². The normalized spacial score (nSPS) is 13.1. The summed E-state index contributed by atoms with van der Waals surface area (Å²) in [7, 11) is 0. The van der Waals surface area contributed by atoms with Gasteiger partial charge in [0.05, 0.1) is 0 Å². The van der Waals surface area contributed by atoms with E-state index in [4.69, 9.17) is 0 Å². The summed E-state index contributed by atoms with van der Waals surface area (Å²) in [5, 5.41) is 0. The molecule has 0 aliphatic rings. The molecule has 0 amide bonds. The van der Waals surface area contributed by atoms with Gasteiger partial charge in [-0.3, -0.25) is 0 Å². The van der Waals surface area contributed by atoms with E-state index in [1.54, 1.807) is 0 Å². The maximum atomic E-state index is 13.9. The molecule has 0 spiro atoms. The van der Waals surface area contributed by atoms with Crippen LogP contribution in [0.25, 0.3) is 0 Å². The molecule has 0 N–H and O–H groups in total. The first-order valence-corrected chi connectivity index (χ1v) is 6.91. The van der Waals surface area contributed by atoms with Crippen molar-refractivity contribution in [2.75, 3.05) is 0 Å². The zero-order valence-electron chi connectivity index (χ0n) is 11.9. The Kier molecular flexibility index (Phi) is 5.96. The fraction of sp³-hybridized carbons (Fsp3) is 0.600. The molecule has 1 aromatic carbocycles. The van der Waals surface area contributed by atoms with Crippen LogP contribution in [0, 0.1) is 35.0 Å². The molecule has 0 aliphatic carbocycles. The van der Waals surface area contributed by atoms with Gasteiger partial charge in [-0.25, -0.2) is 22.0 Å². The Morgan fingerprint density at radius 2 is 1.10 bits per heavy atom. The van der Waals surface area contributed by atoms with Crippen molar-refractivity contribution in [1.29, 1.82) is 0 Å². The predicted octanol–water partition coefficient (Wildman–Crippen LogP) is 5.70. The van der Waals surface area contributed by atoms with E-state index in [0.29, 0.717) is 25.7 Å². The van der Waals surface area contributed by atoms with E-state index < -0.39 is 40.6 Å². The molecule has 1 aromatic rings. The number of rotatable bonds is 6. The molecule has 0 aliphatic heterocycles. The lowest BCUT2D eigenvalue weighted by molar-refractivity contribution is 0.322. The molecule has 0 heterocycles. The van der Waals surface area contributed by atoms with Crippen LogP contribution < -0.4 is 0 Å². The molecule has 0 bridgehead atoms. The fourth-order valence-electron chi connectivity index (χ4n) is 2.73. The Hall–Kier alpha value is -1.13. The summed E-state index contributed by atoms with van der Waals surface area (Å²) >= 11 is 0. The van der Waals surface area contributed by atoms with E-state index in [2.05, 4.69) is 0 Å². The van der Waals surface area contributed by atoms with Crippen molar-refractivity contribution in [1.82, 2.24) is 0 Å². The summed E-state index contributed by atoms with van der Waals surface area (Å²) in [6, 6.07) is 0. The number of hydrogen-bond acceptors (Lipinski definition) is 0. The van der Waals surface area contributed by atoms with E-state index in [1.807, 2.05) is 20.8 Å². The molecule has 5 heteroatoms. The third-order valence-corrected chi connectivity index (χ3v) is 3.83. The number of benzene rings is 1. The summed E-state index contributed by atoms with van der Waals surface area (Å²) in [6.07, 6.45) is 2.26. The fourth-order valence-corrected chi connectivity index (χ4v) is 2.73. The molecule has 0 saturated carbocycles. The highest BCUT2D eigenvalue weighted by molar-refractivity contribution is 5.28. The first-order valence-electron chi connectivity index (χ1n) is 6.91. The van der Waals surface area contributed by atoms with Gasteiger partial charge in [0.1, 0.15) is 0 Å². The van der Waals surface area contributed by atoms with Gasteiger partial charge in [0, 0.05) is 5.56 Å². The smallest absolute Gasteiger partial charge is 0.200 e. The standard InChI is InChI=1S/C15H19F5/c1-4-7-9(8(5-2)6-3)10-11(16)13(18)15(20)14(19)12(10)17/h8-9H,4-7H2,1-3H3. The largest absolute Gasteiger partial charge is 0.203 e. The molecule has 1 unspecified atom stereocenters. The minimum absolute atomic E-state index is 0.108. The Morgan fingerprint density at radius 3 is 1.45 bits per heavy atom. The molecule has 0 fully saturated rings. The molecule has 0 nitrogen and oxygen atoms in total. The highest BCUT2D eigenvalue weighted by atomic mass is 19.2. The van der Waals surface area contributed by atoms with Crippen LogP contribution in [0.3, 0.4) is 0 Å². The average Bonchev–Trinajstić information content (AvgIpc) is 2.44. The summed E-state index contributed by atoms with van der Waals surface area (Å²) in [6.45, 7) is 5.52. The molecular weight excluding hydrogens is 275 g/mol. The van der Waals surface area contributed by atoms with Crippen LogP contribution in [-0.4, -0.2) is 0 Å². The molecule has 1 rings (SSSR count). The van der Waals surface area contributed by atoms with Crippen LogP contribution in [0.5, 0.6) is 0 Å². The van der Waals surface area contributed by atoms with Gasteiger partial charge in [0.2, 0.25) is 5.82 Å². The second-order valence-electron chi connectivity index (χ2n) is 4.96. The van der Waals surface area contributed by atoms with E-state index in [-0.39, 0.29) is 5.92 Å². The molecule has 0 saturated heterocycles. The van der Waals surface area contributed by atoms with Gasteiger partial charge in [-0.1, -0.05) is 40.0 Å². The van der Waals surface area contributed by atoms with Crippen molar-refractivity contribution in [3.63, 3.8) is 0 Å². The van der Waals surface area contributed by atoms with Gasteiger partial charge in [0.15, 0.2) is 23.3 Å². The lowest BCUT2D eigenvalue weighted by atomic mass is 9.79. The first kappa shape index (κ1) is 16.9. The molecule has 1 atom stereocenters. The maximum Gasteiger partial charge on any atom is 0.200 e. The van der Waals surface area contributed by atoms with Gasteiger partial charge in [-0.2, -0.15) is 0 Å². The van der Waals surface area contributed by atoms with Gasteiger partial charge >= 0.3 is 0 Å². The van der Waals surface area contributed by atoms with E-state index >= 15 is 0 Å². The summed E-state index contributed by atoms with van der Waals surface area (Å²) in [5.74, 6) is -9.94. The van der Waals surface area contributed by atoms with Crippen molar-refractivity contribution in [3.8, 4) is 0 Å². The zero-order chi connectivity index (χ0) is 15.4. The van der Waals surface area contributed by atoms with Gasteiger partial charge in [0.25, 0.3) is 0 Å². The average molecular weight is 294 g/mol. The lowest BCUT2D eigenvalue weighted by Crippen LogP contribution is -2.18. The third kappa shape index (κ3) is 2.96. The van der Waals surface area contributed by atoms with E-state index in [1.165, 1.54) is 0 Å². The third-order valence-electron chi connectivity index (χ3n) is 3.83. The maximum absolute atomic E-state index is 13.9. The zero-order valence-corrected chi connectivity index (χ0v) is 11.9.